The second-order valence-electron chi connectivity index (χ2n) is 4.49. The van der Waals surface area contributed by atoms with E-state index in [2.05, 4.69) is 27.9 Å². The maximum Gasteiger partial charge on any atom is 0.179 e. The fourth-order valence-electron chi connectivity index (χ4n) is 1.86. The Balaban J connectivity index is 2.32. The number of hydrogen-bond donors (Lipinski definition) is 0. The Morgan fingerprint density at radius 3 is 2.74 bits per heavy atom. The summed E-state index contributed by atoms with van der Waals surface area (Å²) in [7, 11) is 0. The van der Waals surface area contributed by atoms with Crippen molar-refractivity contribution in [1.82, 2.24) is 15.0 Å². The van der Waals surface area contributed by atoms with Crippen molar-refractivity contribution in [2.45, 2.75) is 38.1 Å². The Kier molecular flexibility index (Phi) is 4.91. The Hall–Kier alpha value is -1.42. The largest absolute Gasteiger partial charge is 0.249 e. The molecule has 0 unspecified atom stereocenters. The first kappa shape index (κ1) is 14.0. The van der Waals surface area contributed by atoms with E-state index in [4.69, 9.17) is 0 Å². The molecule has 19 heavy (non-hydrogen) atoms. The first-order valence-corrected chi connectivity index (χ1v) is 7.81. The van der Waals surface area contributed by atoms with Crippen molar-refractivity contribution in [2.24, 2.45) is 0 Å². The van der Waals surface area contributed by atoms with Crippen molar-refractivity contribution in [3.05, 3.63) is 35.7 Å². The summed E-state index contributed by atoms with van der Waals surface area (Å²) in [5, 5.41) is 0.989. The number of rotatable bonds is 5. The third-order valence-electron chi connectivity index (χ3n) is 2.86. The molecule has 0 N–H and O–H groups in total. The van der Waals surface area contributed by atoms with Gasteiger partial charge in [0, 0.05) is 11.4 Å². The molecule has 0 saturated carbocycles. The summed E-state index contributed by atoms with van der Waals surface area (Å²) in [4.78, 5) is 13.7. The number of thioether (sulfide) groups is 1. The van der Waals surface area contributed by atoms with Crippen LogP contribution in [0.25, 0.3) is 11.5 Å². The van der Waals surface area contributed by atoms with Gasteiger partial charge in [0.2, 0.25) is 0 Å². The first-order valence-electron chi connectivity index (χ1n) is 6.59. The monoisotopic (exact) mass is 273 g/mol. The van der Waals surface area contributed by atoms with Crippen LogP contribution in [0.4, 0.5) is 0 Å². The summed E-state index contributed by atoms with van der Waals surface area (Å²) >= 11 is 1.63. The highest BCUT2D eigenvalue weighted by Gasteiger charge is 2.06. The molecule has 0 aliphatic carbocycles. The molecular weight excluding hydrogens is 254 g/mol. The van der Waals surface area contributed by atoms with Crippen LogP contribution in [0.5, 0.6) is 0 Å². The van der Waals surface area contributed by atoms with Crippen LogP contribution in [0.2, 0.25) is 0 Å². The van der Waals surface area contributed by atoms with Crippen LogP contribution in [0, 0.1) is 6.92 Å². The van der Waals surface area contributed by atoms with E-state index < -0.39 is 0 Å². The molecule has 0 saturated heterocycles. The van der Waals surface area contributed by atoms with Gasteiger partial charge in [-0.3, -0.25) is 0 Å². The molecule has 3 nitrogen and oxygen atoms in total. The molecular formula is C15H19N3S. The highest BCUT2D eigenvalue weighted by molar-refractivity contribution is 7.98. The molecule has 2 rings (SSSR count). The van der Waals surface area contributed by atoms with Crippen LogP contribution < -0.4 is 0 Å². The van der Waals surface area contributed by atoms with Crippen molar-refractivity contribution >= 4 is 11.8 Å². The van der Waals surface area contributed by atoms with Crippen molar-refractivity contribution in [2.75, 3.05) is 6.26 Å². The normalized spacial score (nSPS) is 10.7. The molecule has 0 fully saturated rings. The molecule has 2 aromatic heterocycles. The third-order valence-corrected chi connectivity index (χ3v) is 3.49. The van der Waals surface area contributed by atoms with Crippen LogP contribution in [0.3, 0.4) is 0 Å². The average Bonchev–Trinajstić information content (AvgIpc) is 2.44. The zero-order chi connectivity index (χ0) is 13.7. The predicted molar refractivity (Wildman–Crippen MR) is 80.4 cm³/mol. The quantitative estimate of drug-likeness (QED) is 0.611. The zero-order valence-corrected chi connectivity index (χ0v) is 12.5. The van der Waals surface area contributed by atoms with Crippen LogP contribution in [0.1, 0.15) is 31.2 Å². The molecule has 0 amide bonds. The van der Waals surface area contributed by atoms with Crippen LogP contribution >= 0.6 is 11.8 Å². The standard InChI is InChI=1S/C15H19N3S/c1-4-5-7-12-8-6-9-13(17-12)15-16-11(2)10-14(18-15)19-3/h6,8-10H,4-5,7H2,1-3H3. The summed E-state index contributed by atoms with van der Waals surface area (Å²) in [6.45, 7) is 4.18. The highest BCUT2D eigenvalue weighted by atomic mass is 32.2. The van der Waals surface area contributed by atoms with Crippen LogP contribution in [-0.2, 0) is 6.42 Å². The van der Waals surface area contributed by atoms with Gasteiger partial charge in [0.25, 0.3) is 0 Å². The van der Waals surface area contributed by atoms with E-state index in [1.165, 1.54) is 12.8 Å². The van der Waals surface area contributed by atoms with E-state index in [0.29, 0.717) is 0 Å². The number of unbranched alkanes of at least 4 members (excludes halogenated alkanes) is 1. The minimum Gasteiger partial charge on any atom is -0.249 e. The van der Waals surface area contributed by atoms with E-state index in [-0.39, 0.29) is 0 Å². The Bertz CT molecular complexity index is 555. The molecule has 0 atom stereocenters. The van der Waals surface area contributed by atoms with Gasteiger partial charge in [0.15, 0.2) is 5.82 Å². The van der Waals surface area contributed by atoms with Gasteiger partial charge in [0.05, 0.1) is 0 Å². The van der Waals surface area contributed by atoms with E-state index in [0.717, 1.165) is 34.4 Å². The van der Waals surface area contributed by atoms with Crippen molar-refractivity contribution in [3.63, 3.8) is 0 Å². The molecule has 4 heteroatoms. The highest BCUT2D eigenvalue weighted by Crippen LogP contribution is 2.19. The molecule has 0 aliphatic heterocycles. The maximum absolute atomic E-state index is 4.66. The molecule has 0 bridgehead atoms. The number of pyridine rings is 1. The Morgan fingerprint density at radius 2 is 2.00 bits per heavy atom. The van der Waals surface area contributed by atoms with E-state index >= 15 is 0 Å². The molecule has 2 aromatic rings. The Labute approximate surface area is 118 Å². The topological polar surface area (TPSA) is 38.7 Å². The molecule has 2 heterocycles. The average molecular weight is 273 g/mol. The summed E-state index contributed by atoms with van der Waals surface area (Å²) in [6.07, 6.45) is 5.40. The van der Waals surface area contributed by atoms with Gasteiger partial charge in [-0.25, -0.2) is 15.0 Å². The van der Waals surface area contributed by atoms with E-state index in [9.17, 15) is 0 Å². The summed E-state index contributed by atoms with van der Waals surface area (Å²) in [5.41, 5.74) is 2.97. The number of nitrogens with zero attached hydrogens (tertiary/aromatic N) is 3. The molecule has 0 spiro atoms. The zero-order valence-electron chi connectivity index (χ0n) is 11.7. The summed E-state index contributed by atoms with van der Waals surface area (Å²) in [6, 6.07) is 8.09. The van der Waals surface area contributed by atoms with Gasteiger partial charge >= 0.3 is 0 Å². The predicted octanol–water partition coefficient (Wildman–Crippen LogP) is 3.91. The fraction of sp³-hybridized carbons (Fsp3) is 0.400. The van der Waals surface area contributed by atoms with E-state index in [1.807, 2.05) is 31.4 Å². The minimum absolute atomic E-state index is 0.725. The molecule has 0 aliphatic rings. The van der Waals surface area contributed by atoms with Crippen LogP contribution in [0.15, 0.2) is 29.3 Å². The van der Waals surface area contributed by atoms with Gasteiger partial charge in [0.1, 0.15) is 10.7 Å². The van der Waals surface area contributed by atoms with Gasteiger partial charge in [-0.1, -0.05) is 19.4 Å². The first-order chi connectivity index (χ1) is 9.22. The van der Waals surface area contributed by atoms with Gasteiger partial charge in [-0.15, -0.1) is 11.8 Å². The van der Waals surface area contributed by atoms with Gasteiger partial charge in [-0.2, -0.15) is 0 Å². The van der Waals surface area contributed by atoms with E-state index in [1.54, 1.807) is 11.8 Å². The molecule has 0 radical (unpaired) electrons. The lowest BCUT2D eigenvalue weighted by Gasteiger charge is -2.05. The lowest BCUT2D eigenvalue weighted by molar-refractivity contribution is 0.776. The van der Waals surface area contributed by atoms with Crippen molar-refractivity contribution in [3.8, 4) is 11.5 Å². The second-order valence-corrected chi connectivity index (χ2v) is 5.32. The lowest BCUT2D eigenvalue weighted by Crippen LogP contribution is -1.98. The Morgan fingerprint density at radius 1 is 1.16 bits per heavy atom. The maximum atomic E-state index is 4.66. The fourth-order valence-corrected chi connectivity index (χ4v) is 2.33. The minimum atomic E-state index is 0.725. The van der Waals surface area contributed by atoms with Crippen molar-refractivity contribution < 1.29 is 0 Å². The summed E-state index contributed by atoms with van der Waals surface area (Å²) < 4.78 is 0. The van der Waals surface area contributed by atoms with Crippen molar-refractivity contribution in [1.29, 1.82) is 0 Å². The van der Waals surface area contributed by atoms with Gasteiger partial charge in [-0.05, 0) is 44.2 Å². The summed E-state index contributed by atoms with van der Waals surface area (Å²) in [5.74, 6) is 0.725. The number of hydrogen-bond acceptors (Lipinski definition) is 4. The number of aromatic nitrogens is 3. The molecule has 0 aromatic carbocycles. The van der Waals surface area contributed by atoms with Gasteiger partial charge < -0.3 is 0 Å². The smallest absolute Gasteiger partial charge is 0.179 e. The lowest BCUT2D eigenvalue weighted by atomic mass is 10.2. The molecule has 100 valence electrons. The van der Waals surface area contributed by atoms with Crippen LogP contribution in [-0.4, -0.2) is 21.2 Å². The third kappa shape index (κ3) is 3.77. The second kappa shape index (κ2) is 6.66. The SMILES string of the molecule is CCCCc1cccc(-c2nc(C)cc(SC)n2)n1. The number of aryl methyl sites for hydroxylation is 2.